The van der Waals surface area contributed by atoms with Crippen molar-refractivity contribution in [1.82, 2.24) is 0 Å². The van der Waals surface area contributed by atoms with Gasteiger partial charge in [0.2, 0.25) is 5.88 Å². The summed E-state index contributed by atoms with van der Waals surface area (Å²) in [6, 6.07) is 11.7. The first-order valence-electron chi connectivity index (χ1n) is 11.4. The van der Waals surface area contributed by atoms with Gasteiger partial charge in [-0.1, -0.05) is 24.3 Å². The molecule has 4 rings (SSSR count). The van der Waals surface area contributed by atoms with Crippen molar-refractivity contribution in [3.8, 4) is 5.75 Å². The van der Waals surface area contributed by atoms with E-state index < -0.39 is 11.9 Å². The van der Waals surface area contributed by atoms with Crippen LogP contribution in [0.15, 0.2) is 63.7 Å². The van der Waals surface area contributed by atoms with Crippen LogP contribution in [0.5, 0.6) is 5.75 Å². The minimum absolute atomic E-state index is 0.00268. The minimum Gasteiger partial charge on any atom is -0.488 e. The zero-order chi connectivity index (χ0) is 24.4. The van der Waals surface area contributed by atoms with Crippen LogP contribution < -0.4 is 10.5 Å². The van der Waals surface area contributed by atoms with Crippen molar-refractivity contribution in [2.24, 2.45) is 5.73 Å². The maximum Gasteiger partial charge on any atom is 0.340 e. The van der Waals surface area contributed by atoms with Gasteiger partial charge in [0.15, 0.2) is 5.78 Å². The lowest BCUT2D eigenvalue weighted by Crippen LogP contribution is -2.32. The van der Waals surface area contributed by atoms with Crippen LogP contribution in [0.3, 0.4) is 0 Å². The number of rotatable bonds is 6. The number of benzene rings is 2. The molecule has 2 aliphatic rings. The molecule has 0 bridgehead atoms. The number of ketones is 1. The van der Waals surface area contributed by atoms with Crippen LogP contribution in [0.4, 0.5) is 0 Å². The van der Waals surface area contributed by atoms with Crippen LogP contribution in [-0.2, 0) is 25.7 Å². The smallest absolute Gasteiger partial charge is 0.340 e. The van der Waals surface area contributed by atoms with Gasteiger partial charge in [-0.15, -0.1) is 0 Å². The summed E-state index contributed by atoms with van der Waals surface area (Å²) < 4.78 is 18.0. The number of carbonyl (C=O) groups is 2. The van der Waals surface area contributed by atoms with Gasteiger partial charge in [-0.3, -0.25) is 4.79 Å². The highest BCUT2D eigenvalue weighted by atomic mass is 79.9. The number of Topliss-reactive ketones (excluding diaryl/α,β-unsaturated/α-hetero) is 1. The molecular weight excluding hydrogens is 498 g/mol. The molecule has 0 radical (unpaired) electrons. The molecular formula is C27H28BrNO5. The molecule has 1 heterocycles. The van der Waals surface area contributed by atoms with E-state index in [-0.39, 0.29) is 23.8 Å². The molecule has 2 aromatic rings. The highest BCUT2D eigenvalue weighted by molar-refractivity contribution is 9.10. The predicted molar refractivity (Wildman–Crippen MR) is 132 cm³/mol. The van der Waals surface area contributed by atoms with Crippen LogP contribution in [0.25, 0.3) is 0 Å². The largest absolute Gasteiger partial charge is 0.488 e. The molecule has 1 atom stereocenters. The molecule has 6 nitrogen and oxygen atoms in total. The quantitative estimate of drug-likeness (QED) is 0.501. The lowest BCUT2D eigenvalue weighted by atomic mass is 9.75. The number of carbonyl (C=O) groups excluding carboxylic acids is 2. The maximum absolute atomic E-state index is 13.1. The number of nitrogens with two attached hydrogens (primary N) is 1. The van der Waals surface area contributed by atoms with E-state index in [0.717, 1.165) is 32.5 Å². The van der Waals surface area contributed by atoms with Crippen molar-refractivity contribution < 1.29 is 23.8 Å². The molecule has 178 valence electrons. The first-order chi connectivity index (χ1) is 16.3. The summed E-state index contributed by atoms with van der Waals surface area (Å²) in [5.74, 6) is 0.0606. The third-order valence-corrected chi connectivity index (χ3v) is 6.89. The second-order valence-electron chi connectivity index (χ2n) is 8.50. The van der Waals surface area contributed by atoms with Crippen LogP contribution >= 0.6 is 15.9 Å². The molecule has 0 amide bonds. The van der Waals surface area contributed by atoms with E-state index >= 15 is 0 Å². The van der Waals surface area contributed by atoms with Crippen molar-refractivity contribution in [3.05, 3.63) is 85.9 Å². The predicted octanol–water partition coefficient (Wildman–Crippen LogP) is 5.50. The number of hydrogen-bond donors (Lipinski definition) is 1. The van der Waals surface area contributed by atoms with E-state index in [2.05, 4.69) is 22.0 Å². The van der Waals surface area contributed by atoms with Crippen LogP contribution in [-0.4, -0.2) is 18.4 Å². The molecule has 1 aliphatic carbocycles. The topological polar surface area (TPSA) is 87.9 Å². The van der Waals surface area contributed by atoms with Crippen molar-refractivity contribution in [3.63, 3.8) is 0 Å². The van der Waals surface area contributed by atoms with Gasteiger partial charge in [-0.25, -0.2) is 4.79 Å². The average Bonchev–Trinajstić information content (AvgIpc) is 2.79. The summed E-state index contributed by atoms with van der Waals surface area (Å²) in [6.45, 7) is 6.26. The Bertz CT molecular complexity index is 1210. The Morgan fingerprint density at radius 1 is 1.18 bits per heavy atom. The number of aryl methyl sites for hydroxylation is 2. The van der Waals surface area contributed by atoms with Crippen molar-refractivity contribution >= 4 is 27.7 Å². The molecule has 7 heteroatoms. The Labute approximate surface area is 207 Å². The van der Waals surface area contributed by atoms with Crippen molar-refractivity contribution in [2.75, 3.05) is 6.61 Å². The highest BCUT2D eigenvalue weighted by Crippen LogP contribution is 2.45. The number of allylic oxidation sites excluding steroid dienone is 2. The summed E-state index contributed by atoms with van der Waals surface area (Å²) in [5.41, 5.74) is 10.7. The molecule has 0 saturated carbocycles. The average molecular weight is 526 g/mol. The lowest BCUT2D eigenvalue weighted by Gasteiger charge is -2.33. The van der Waals surface area contributed by atoms with Gasteiger partial charge in [-0.05, 0) is 77.5 Å². The molecule has 2 aromatic carbocycles. The Morgan fingerprint density at radius 2 is 1.94 bits per heavy atom. The standard InChI is InChI=1S/C27H28BrNO5/c1-4-32-27(31)25-23(24-20(30)9-7-11-22(24)34-26(25)29)18-13-17(15(2)12-16(18)3)14-33-21-10-6-5-8-19(21)28/h5-6,8,10,12-13,23H,4,7,9,11,14,29H2,1-3H3/t23-/m1/s1. The summed E-state index contributed by atoms with van der Waals surface area (Å²) in [7, 11) is 0. The minimum atomic E-state index is -0.640. The van der Waals surface area contributed by atoms with Gasteiger partial charge in [-0.2, -0.15) is 0 Å². The SMILES string of the molecule is CCOC(=O)C1=C(N)OC2=C(C(=O)CCC2)[C@H]1c1cc(COc2ccccc2Br)c(C)cc1C. The zero-order valence-electron chi connectivity index (χ0n) is 19.6. The summed E-state index contributed by atoms with van der Waals surface area (Å²) >= 11 is 3.51. The Kier molecular flexibility index (Phi) is 7.12. The van der Waals surface area contributed by atoms with Crippen LogP contribution in [0, 0.1) is 13.8 Å². The van der Waals surface area contributed by atoms with E-state index in [1.165, 1.54) is 0 Å². The fraction of sp³-hybridized carbons (Fsp3) is 0.333. The number of ether oxygens (including phenoxy) is 3. The van der Waals surface area contributed by atoms with E-state index in [0.29, 0.717) is 37.2 Å². The van der Waals surface area contributed by atoms with Gasteiger partial charge >= 0.3 is 5.97 Å². The fourth-order valence-electron chi connectivity index (χ4n) is 4.57. The van der Waals surface area contributed by atoms with Crippen LogP contribution in [0.1, 0.15) is 54.4 Å². The lowest BCUT2D eigenvalue weighted by molar-refractivity contribution is -0.139. The summed E-state index contributed by atoms with van der Waals surface area (Å²) in [4.78, 5) is 26.1. The number of hydrogen-bond acceptors (Lipinski definition) is 6. The van der Waals surface area contributed by atoms with Gasteiger partial charge in [0.1, 0.15) is 23.7 Å². The third kappa shape index (κ3) is 4.62. The Balaban J connectivity index is 1.80. The molecule has 2 N–H and O–H groups in total. The van der Waals surface area contributed by atoms with Gasteiger partial charge in [0.05, 0.1) is 17.0 Å². The highest BCUT2D eigenvalue weighted by Gasteiger charge is 2.41. The summed E-state index contributed by atoms with van der Waals surface area (Å²) in [5, 5.41) is 0. The van der Waals surface area contributed by atoms with E-state index in [9.17, 15) is 9.59 Å². The Morgan fingerprint density at radius 3 is 2.68 bits per heavy atom. The fourth-order valence-corrected chi connectivity index (χ4v) is 4.97. The molecule has 0 fully saturated rings. The van der Waals surface area contributed by atoms with Gasteiger partial charge < -0.3 is 19.9 Å². The van der Waals surface area contributed by atoms with E-state index in [1.54, 1.807) is 6.92 Å². The number of halogens is 1. The monoisotopic (exact) mass is 525 g/mol. The molecule has 0 aromatic heterocycles. The van der Waals surface area contributed by atoms with E-state index in [1.807, 2.05) is 44.2 Å². The number of para-hydroxylation sites is 1. The molecule has 0 saturated heterocycles. The normalized spacial score (nSPS) is 17.9. The zero-order valence-corrected chi connectivity index (χ0v) is 21.2. The molecule has 0 unspecified atom stereocenters. The second-order valence-corrected chi connectivity index (χ2v) is 9.36. The molecule has 0 spiro atoms. The van der Waals surface area contributed by atoms with E-state index in [4.69, 9.17) is 19.9 Å². The van der Waals surface area contributed by atoms with Crippen molar-refractivity contribution in [1.29, 1.82) is 0 Å². The maximum atomic E-state index is 13.1. The van der Waals surface area contributed by atoms with Crippen LogP contribution in [0.2, 0.25) is 0 Å². The molecule has 1 aliphatic heterocycles. The first kappa shape index (κ1) is 24.1. The van der Waals surface area contributed by atoms with Gasteiger partial charge in [0.25, 0.3) is 0 Å². The Hall–Kier alpha value is -3.06. The molecule has 34 heavy (non-hydrogen) atoms. The van der Waals surface area contributed by atoms with Gasteiger partial charge in [0, 0.05) is 18.4 Å². The third-order valence-electron chi connectivity index (χ3n) is 6.24. The number of esters is 1. The second kappa shape index (κ2) is 10.1. The van der Waals surface area contributed by atoms with Crippen molar-refractivity contribution in [2.45, 2.75) is 52.6 Å². The summed E-state index contributed by atoms with van der Waals surface area (Å²) in [6.07, 6.45) is 1.72. The first-order valence-corrected chi connectivity index (χ1v) is 12.2.